The molecule has 0 radical (unpaired) electrons. The molecular weight excluding hydrogens is 635 g/mol. The summed E-state index contributed by atoms with van der Waals surface area (Å²) in [7, 11) is -4.49. The summed E-state index contributed by atoms with van der Waals surface area (Å²) in [6.07, 6.45) is -0.239. The minimum absolute atomic E-state index is 0.806. The first-order chi connectivity index (χ1) is 17.5. The highest BCUT2D eigenvalue weighted by Crippen LogP contribution is 2.64. The van der Waals surface area contributed by atoms with Gasteiger partial charge in [-0.1, -0.05) is 11.8 Å². The van der Waals surface area contributed by atoms with Crippen LogP contribution in [0.15, 0.2) is 0 Å². The van der Waals surface area contributed by atoms with Crippen LogP contribution in [0.1, 0.15) is 34.1 Å². The highest BCUT2D eigenvalue weighted by atomic mass is 28.4. The summed E-state index contributed by atoms with van der Waals surface area (Å²) < 4.78 is 240. The molecule has 0 aromatic rings. The molecule has 0 aliphatic carbocycles. The van der Waals surface area contributed by atoms with Gasteiger partial charge >= 0.3 is 56.2 Å². The fourth-order valence-electron chi connectivity index (χ4n) is 3.00. The molecule has 0 N–H and O–H groups in total. The van der Waals surface area contributed by atoms with E-state index in [1.807, 2.05) is 11.8 Å². The van der Waals surface area contributed by atoms with Crippen molar-refractivity contribution in [1.82, 2.24) is 0 Å². The SMILES string of the molecule is C#CC(C)(C)O[Si](C)(CCC(F)(F)C(F)(F)C(F)(F)C(F)(F)C(F)(F)C(F)(F)C(F)(F)C(F)(F)F)OC(C)(C)C#C. The Hall–Kier alpha value is -1.93. The molecule has 0 saturated heterocycles. The largest absolute Gasteiger partial charge is 0.460 e. The van der Waals surface area contributed by atoms with Crippen molar-refractivity contribution in [3.63, 3.8) is 0 Å². The van der Waals surface area contributed by atoms with E-state index in [1.165, 1.54) is 0 Å². The van der Waals surface area contributed by atoms with E-state index < -0.39 is 79.9 Å². The number of hydrogen-bond acceptors (Lipinski definition) is 2. The van der Waals surface area contributed by atoms with E-state index in [9.17, 15) is 74.6 Å². The minimum Gasteiger partial charge on any atom is -0.378 e. The van der Waals surface area contributed by atoms with Gasteiger partial charge in [0.15, 0.2) is 0 Å². The molecule has 0 aromatic carbocycles. The second-order valence-corrected chi connectivity index (χ2v) is 13.0. The molecule has 0 aromatic heterocycles. The molecule has 0 bridgehead atoms. The molecular formula is C21H21F17O2Si. The van der Waals surface area contributed by atoms with E-state index >= 15 is 0 Å². The van der Waals surface area contributed by atoms with Crippen LogP contribution in [0.2, 0.25) is 12.6 Å². The van der Waals surface area contributed by atoms with Crippen LogP contribution in [-0.2, 0) is 8.85 Å². The summed E-state index contributed by atoms with van der Waals surface area (Å²) in [6, 6.07) is -1.61. The predicted molar refractivity (Wildman–Crippen MR) is 110 cm³/mol. The summed E-state index contributed by atoms with van der Waals surface area (Å²) in [5, 5.41) is 0. The molecule has 0 rings (SSSR count). The molecule has 2 nitrogen and oxygen atoms in total. The van der Waals surface area contributed by atoms with E-state index in [4.69, 9.17) is 21.7 Å². The van der Waals surface area contributed by atoms with Gasteiger partial charge in [0.2, 0.25) is 0 Å². The van der Waals surface area contributed by atoms with Crippen molar-refractivity contribution in [2.45, 2.75) is 106 Å². The van der Waals surface area contributed by atoms with Crippen LogP contribution in [0.4, 0.5) is 74.6 Å². The maximum atomic E-state index is 14.4. The zero-order chi connectivity index (χ0) is 33.7. The molecule has 41 heavy (non-hydrogen) atoms. The first kappa shape index (κ1) is 39.1. The summed E-state index contributed by atoms with van der Waals surface area (Å²) in [5.74, 6) is -53.0. The standard InChI is InChI=1S/C21H21F17O2Si/c1-8-12(3,4)39-41(7,40-13(5,6)9-2)11-10-14(22,23)15(24,25)16(26,27)17(28,29)18(30,31)19(32,33)20(34,35)21(36,37)38/h1-2H,10-11H2,3-7H3. The van der Waals surface area contributed by atoms with Gasteiger partial charge in [-0.3, -0.25) is 0 Å². The van der Waals surface area contributed by atoms with E-state index in [0.717, 1.165) is 34.2 Å². The first-order valence-corrected chi connectivity index (χ1v) is 13.1. The highest BCUT2D eigenvalue weighted by molar-refractivity contribution is 6.66. The Morgan fingerprint density at radius 3 is 1.05 bits per heavy atom. The predicted octanol–water partition coefficient (Wildman–Crippen LogP) is 8.31. The van der Waals surface area contributed by atoms with Gasteiger partial charge in [0.05, 0.1) is 0 Å². The average molecular weight is 656 g/mol. The second kappa shape index (κ2) is 10.7. The lowest BCUT2D eigenvalue weighted by atomic mass is 9.88. The normalized spacial score (nSPS) is 15.9. The van der Waals surface area contributed by atoms with Crippen molar-refractivity contribution in [3.8, 4) is 24.7 Å². The lowest BCUT2D eigenvalue weighted by molar-refractivity contribution is -0.461. The maximum Gasteiger partial charge on any atom is 0.460 e. The lowest BCUT2D eigenvalue weighted by Gasteiger charge is -2.43. The monoisotopic (exact) mass is 656 g/mol. The molecule has 0 aliphatic heterocycles. The van der Waals surface area contributed by atoms with Crippen LogP contribution in [-0.4, -0.2) is 67.4 Å². The summed E-state index contributed by atoms with van der Waals surface area (Å²) in [6.45, 7) is 5.16. The Labute approximate surface area is 223 Å². The van der Waals surface area contributed by atoms with Crippen molar-refractivity contribution in [3.05, 3.63) is 0 Å². The fraction of sp³-hybridized carbons (Fsp3) is 0.810. The molecule has 0 fully saturated rings. The maximum absolute atomic E-state index is 14.4. The number of terminal acetylenes is 2. The van der Waals surface area contributed by atoms with E-state index in [-0.39, 0.29) is 0 Å². The van der Waals surface area contributed by atoms with Crippen molar-refractivity contribution in [2.24, 2.45) is 0 Å². The Balaban J connectivity index is 6.74. The third-order valence-corrected chi connectivity index (χ3v) is 8.36. The molecule has 0 amide bonds. The third kappa shape index (κ3) is 6.68. The second-order valence-electron chi connectivity index (χ2n) is 9.80. The van der Waals surface area contributed by atoms with Gasteiger partial charge in [0, 0.05) is 6.42 Å². The Kier molecular flexibility index (Phi) is 10.2. The molecule has 0 atom stereocenters. The molecule has 0 unspecified atom stereocenters. The Morgan fingerprint density at radius 2 is 0.780 bits per heavy atom. The van der Waals surface area contributed by atoms with Crippen LogP contribution in [0, 0.1) is 24.7 Å². The Morgan fingerprint density at radius 1 is 0.512 bits per heavy atom. The molecule has 0 heterocycles. The first-order valence-electron chi connectivity index (χ1n) is 10.6. The van der Waals surface area contributed by atoms with Crippen LogP contribution < -0.4 is 0 Å². The van der Waals surface area contributed by atoms with Crippen molar-refractivity contribution in [1.29, 1.82) is 0 Å². The van der Waals surface area contributed by atoms with E-state index in [2.05, 4.69) is 0 Å². The van der Waals surface area contributed by atoms with Crippen LogP contribution in [0.5, 0.6) is 0 Å². The van der Waals surface area contributed by atoms with Gasteiger partial charge in [-0.2, -0.15) is 74.6 Å². The molecule has 240 valence electrons. The van der Waals surface area contributed by atoms with Gasteiger partial charge in [-0.05, 0) is 40.3 Å². The molecule has 0 spiro atoms. The zero-order valence-electron chi connectivity index (χ0n) is 21.3. The summed E-state index contributed by atoms with van der Waals surface area (Å²) in [5.41, 5.74) is -3.53. The van der Waals surface area contributed by atoms with Gasteiger partial charge in [0.1, 0.15) is 11.2 Å². The van der Waals surface area contributed by atoms with Crippen LogP contribution in [0.3, 0.4) is 0 Å². The number of alkyl halides is 17. The van der Waals surface area contributed by atoms with Crippen molar-refractivity contribution >= 4 is 8.56 Å². The van der Waals surface area contributed by atoms with Crippen molar-refractivity contribution in [2.75, 3.05) is 0 Å². The molecule has 0 aliphatic rings. The number of halogens is 17. The zero-order valence-corrected chi connectivity index (χ0v) is 22.3. The topological polar surface area (TPSA) is 18.5 Å². The average Bonchev–Trinajstić information content (AvgIpc) is 2.75. The van der Waals surface area contributed by atoms with E-state index in [0.29, 0.717) is 0 Å². The lowest BCUT2D eigenvalue weighted by Crippen LogP contribution is -2.74. The summed E-state index contributed by atoms with van der Waals surface area (Å²) >= 11 is 0. The van der Waals surface area contributed by atoms with Gasteiger partial charge in [-0.15, -0.1) is 12.8 Å². The smallest absolute Gasteiger partial charge is 0.378 e. The molecule has 20 heteroatoms. The quantitative estimate of drug-likeness (QED) is 0.113. The Bertz CT molecular complexity index is 1000. The van der Waals surface area contributed by atoms with Crippen LogP contribution in [0.25, 0.3) is 0 Å². The van der Waals surface area contributed by atoms with Gasteiger partial charge in [-0.25, -0.2) is 0 Å². The van der Waals surface area contributed by atoms with Gasteiger partial charge < -0.3 is 8.85 Å². The van der Waals surface area contributed by atoms with Crippen LogP contribution >= 0.6 is 0 Å². The number of rotatable bonds is 13. The fourth-order valence-corrected chi connectivity index (χ4v) is 6.29. The third-order valence-electron chi connectivity index (χ3n) is 5.32. The highest BCUT2D eigenvalue weighted by Gasteiger charge is 2.95. The minimum atomic E-state index is -8.69. The summed E-state index contributed by atoms with van der Waals surface area (Å²) in [4.78, 5) is 0. The van der Waals surface area contributed by atoms with E-state index in [1.54, 1.807) is 0 Å². The molecule has 0 saturated carbocycles. The van der Waals surface area contributed by atoms with Crippen molar-refractivity contribution < 1.29 is 83.5 Å². The number of hydrogen-bond donors (Lipinski definition) is 0. The van der Waals surface area contributed by atoms with Gasteiger partial charge in [0.25, 0.3) is 0 Å².